The van der Waals surface area contributed by atoms with Crippen molar-refractivity contribution in [3.63, 3.8) is 0 Å². The second-order valence-corrected chi connectivity index (χ2v) is 5.07. The molecule has 1 aromatic carbocycles. The van der Waals surface area contributed by atoms with E-state index in [1.807, 2.05) is 0 Å². The molecule has 1 fully saturated rings. The van der Waals surface area contributed by atoms with Crippen LogP contribution in [0.3, 0.4) is 0 Å². The van der Waals surface area contributed by atoms with E-state index in [1.165, 1.54) is 21.3 Å². The van der Waals surface area contributed by atoms with Gasteiger partial charge in [0.25, 0.3) is 0 Å². The predicted octanol–water partition coefficient (Wildman–Crippen LogP) is 2.52. The van der Waals surface area contributed by atoms with E-state index >= 15 is 0 Å². The van der Waals surface area contributed by atoms with Crippen molar-refractivity contribution in [1.29, 1.82) is 0 Å². The summed E-state index contributed by atoms with van der Waals surface area (Å²) in [6.45, 7) is 3.50. The van der Waals surface area contributed by atoms with Crippen LogP contribution in [-0.2, 0) is 14.3 Å². The third-order valence-corrected chi connectivity index (χ3v) is 3.38. The van der Waals surface area contributed by atoms with Crippen LogP contribution in [0, 0.1) is 0 Å². The largest absolute Gasteiger partial charge is 0.493 e. The Balaban J connectivity index is 2.61. The molecular formula is C17H18O6. The fraction of sp³-hybridized carbons (Fsp3) is 0.294. The van der Waals surface area contributed by atoms with Crippen molar-refractivity contribution in [1.82, 2.24) is 0 Å². The Kier molecular flexibility index (Phi) is 4.74. The van der Waals surface area contributed by atoms with Crippen LogP contribution in [-0.4, -0.2) is 33.3 Å². The zero-order chi connectivity index (χ0) is 17.1. The van der Waals surface area contributed by atoms with Gasteiger partial charge in [0.2, 0.25) is 5.75 Å². The third-order valence-electron chi connectivity index (χ3n) is 3.38. The van der Waals surface area contributed by atoms with E-state index in [0.717, 1.165) is 0 Å². The molecule has 0 unspecified atom stereocenters. The molecule has 0 saturated carbocycles. The van der Waals surface area contributed by atoms with Gasteiger partial charge in [-0.2, -0.15) is 0 Å². The first-order valence-electron chi connectivity index (χ1n) is 6.89. The number of carbonyl (C=O) groups is 2. The standard InChI is InChI=1S/C17H18O6/c1-9(2)14-11(16(18)23-17(14)19)6-10-7-12(20-3)15(22-5)13(8-10)21-4/h6-8H,1-5H3/b11-6+. The quantitative estimate of drug-likeness (QED) is 0.482. The highest BCUT2D eigenvalue weighted by Crippen LogP contribution is 2.39. The molecule has 0 spiro atoms. The molecule has 0 N–H and O–H groups in total. The van der Waals surface area contributed by atoms with Crippen LogP contribution in [0.5, 0.6) is 17.2 Å². The number of methoxy groups -OCH3 is 3. The van der Waals surface area contributed by atoms with E-state index in [9.17, 15) is 9.59 Å². The van der Waals surface area contributed by atoms with Gasteiger partial charge in [-0.15, -0.1) is 0 Å². The molecule has 0 bridgehead atoms. The summed E-state index contributed by atoms with van der Waals surface area (Å²) >= 11 is 0. The minimum absolute atomic E-state index is 0.212. The Labute approximate surface area is 134 Å². The van der Waals surface area contributed by atoms with Gasteiger partial charge in [-0.3, -0.25) is 0 Å². The fourth-order valence-corrected chi connectivity index (χ4v) is 2.36. The van der Waals surface area contributed by atoms with Crippen molar-refractivity contribution in [2.75, 3.05) is 21.3 Å². The number of hydrogen-bond acceptors (Lipinski definition) is 6. The normalized spacial score (nSPS) is 15.7. The molecule has 122 valence electrons. The first kappa shape index (κ1) is 16.6. The fourth-order valence-electron chi connectivity index (χ4n) is 2.36. The Morgan fingerprint density at radius 1 is 0.957 bits per heavy atom. The van der Waals surface area contributed by atoms with Crippen molar-refractivity contribution < 1.29 is 28.5 Å². The SMILES string of the molecule is COc1cc(/C=C2/C(=O)OC(=O)C2=C(C)C)cc(OC)c1OC. The summed E-state index contributed by atoms with van der Waals surface area (Å²) in [5.41, 5.74) is 1.83. The monoisotopic (exact) mass is 318 g/mol. The maximum absolute atomic E-state index is 11.9. The van der Waals surface area contributed by atoms with Crippen molar-refractivity contribution >= 4 is 18.0 Å². The van der Waals surface area contributed by atoms with Crippen LogP contribution in [0.1, 0.15) is 19.4 Å². The Bertz CT molecular complexity index is 698. The number of hydrogen-bond donors (Lipinski definition) is 0. The van der Waals surface area contributed by atoms with E-state index in [4.69, 9.17) is 14.2 Å². The van der Waals surface area contributed by atoms with Gasteiger partial charge in [0.1, 0.15) is 0 Å². The van der Waals surface area contributed by atoms with E-state index in [2.05, 4.69) is 4.74 Å². The molecule has 0 aromatic heterocycles. The van der Waals surface area contributed by atoms with E-state index in [0.29, 0.717) is 28.4 Å². The first-order valence-corrected chi connectivity index (χ1v) is 6.89. The Morgan fingerprint density at radius 2 is 1.52 bits per heavy atom. The maximum atomic E-state index is 11.9. The van der Waals surface area contributed by atoms with Crippen LogP contribution in [0.25, 0.3) is 6.08 Å². The number of rotatable bonds is 4. The molecule has 1 aliphatic heterocycles. The molecule has 1 heterocycles. The molecule has 1 aliphatic rings. The zero-order valence-corrected chi connectivity index (χ0v) is 13.7. The minimum atomic E-state index is -0.667. The lowest BCUT2D eigenvalue weighted by atomic mass is 10.0. The van der Waals surface area contributed by atoms with Crippen LogP contribution < -0.4 is 14.2 Å². The van der Waals surface area contributed by atoms with Gasteiger partial charge in [-0.25, -0.2) is 9.59 Å². The second kappa shape index (κ2) is 6.56. The lowest BCUT2D eigenvalue weighted by Crippen LogP contribution is -1.98. The molecule has 0 atom stereocenters. The van der Waals surface area contributed by atoms with E-state index < -0.39 is 11.9 Å². The Hall–Kier alpha value is -2.76. The minimum Gasteiger partial charge on any atom is -0.493 e. The summed E-state index contributed by atoms with van der Waals surface area (Å²) in [6.07, 6.45) is 1.57. The molecule has 2 rings (SSSR count). The van der Waals surface area contributed by atoms with Gasteiger partial charge >= 0.3 is 11.9 Å². The molecule has 1 aromatic rings. The lowest BCUT2D eigenvalue weighted by Gasteiger charge is -2.13. The lowest BCUT2D eigenvalue weighted by molar-refractivity contribution is -0.149. The highest BCUT2D eigenvalue weighted by atomic mass is 16.6. The summed E-state index contributed by atoms with van der Waals surface area (Å²) in [7, 11) is 4.51. The molecule has 6 nitrogen and oxygen atoms in total. The number of cyclic esters (lactones) is 2. The first-order chi connectivity index (χ1) is 10.9. The van der Waals surface area contributed by atoms with Gasteiger partial charge in [-0.05, 0) is 37.6 Å². The van der Waals surface area contributed by atoms with Crippen LogP contribution in [0.2, 0.25) is 0 Å². The van der Waals surface area contributed by atoms with E-state index in [1.54, 1.807) is 32.1 Å². The van der Waals surface area contributed by atoms with Gasteiger partial charge < -0.3 is 18.9 Å². The molecule has 23 heavy (non-hydrogen) atoms. The molecule has 0 radical (unpaired) electrons. The number of ether oxygens (including phenoxy) is 4. The third kappa shape index (κ3) is 3.06. The van der Waals surface area contributed by atoms with Crippen molar-refractivity contribution in [2.24, 2.45) is 0 Å². The van der Waals surface area contributed by atoms with Crippen molar-refractivity contribution in [3.8, 4) is 17.2 Å². The number of allylic oxidation sites excluding steroid dienone is 1. The summed E-state index contributed by atoms with van der Waals surface area (Å²) < 4.78 is 20.5. The van der Waals surface area contributed by atoms with Gasteiger partial charge in [-0.1, -0.05) is 5.57 Å². The highest BCUT2D eigenvalue weighted by molar-refractivity contribution is 6.20. The maximum Gasteiger partial charge on any atom is 0.346 e. The van der Waals surface area contributed by atoms with Crippen molar-refractivity contribution in [2.45, 2.75) is 13.8 Å². The zero-order valence-electron chi connectivity index (χ0n) is 13.7. The summed E-state index contributed by atoms with van der Waals surface area (Å²) in [5.74, 6) is 0.0589. The average Bonchev–Trinajstić information content (AvgIpc) is 2.80. The van der Waals surface area contributed by atoms with E-state index in [-0.39, 0.29) is 11.1 Å². The highest BCUT2D eigenvalue weighted by Gasteiger charge is 2.34. The van der Waals surface area contributed by atoms with Gasteiger partial charge in [0.15, 0.2) is 11.5 Å². The van der Waals surface area contributed by atoms with Gasteiger partial charge in [0, 0.05) is 0 Å². The smallest absolute Gasteiger partial charge is 0.346 e. The second-order valence-electron chi connectivity index (χ2n) is 5.07. The predicted molar refractivity (Wildman–Crippen MR) is 83.5 cm³/mol. The number of benzene rings is 1. The molecule has 0 amide bonds. The Morgan fingerprint density at radius 3 is 1.96 bits per heavy atom. The number of carbonyl (C=O) groups excluding carboxylic acids is 2. The topological polar surface area (TPSA) is 71.1 Å². The summed E-state index contributed by atoms with van der Waals surface area (Å²) in [4.78, 5) is 23.7. The molecule has 1 saturated heterocycles. The molecular weight excluding hydrogens is 300 g/mol. The van der Waals surface area contributed by atoms with Crippen molar-refractivity contribution in [3.05, 3.63) is 34.4 Å². The van der Waals surface area contributed by atoms with Crippen LogP contribution in [0.4, 0.5) is 0 Å². The summed E-state index contributed by atoms with van der Waals surface area (Å²) in [6, 6.07) is 3.38. The van der Waals surface area contributed by atoms with Crippen LogP contribution in [0.15, 0.2) is 28.9 Å². The van der Waals surface area contributed by atoms with Crippen LogP contribution >= 0.6 is 0 Å². The average molecular weight is 318 g/mol. The number of esters is 2. The molecule has 0 aliphatic carbocycles. The van der Waals surface area contributed by atoms with Gasteiger partial charge in [0.05, 0.1) is 32.5 Å². The molecule has 6 heteroatoms. The summed E-state index contributed by atoms with van der Waals surface area (Å²) in [5, 5.41) is 0.